The molecule has 0 aliphatic carbocycles. The van der Waals surface area contributed by atoms with E-state index in [1.165, 1.54) is 6.07 Å². The molecule has 0 saturated carbocycles. The average molecular weight is 261 g/mol. The van der Waals surface area contributed by atoms with Crippen LogP contribution in [-0.2, 0) is 12.0 Å². The molecule has 0 aliphatic heterocycles. The summed E-state index contributed by atoms with van der Waals surface area (Å²) in [5, 5.41) is 0. The summed E-state index contributed by atoms with van der Waals surface area (Å²) in [6.45, 7) is 1.88. The lowest BCUT2D eigenvalue weighted by Gasteiger charge is -2.29. The van der Waals surface area contributed by atoms with Crippen LogP contribution in [0, 0.1) is 11.6 Å². The maximum Gasteiger partial charge on any atom is 0.128 e. The van der Waals surface area contributed by atoms with Crippen molar-refractivity contribution in [2.45, 2.75) is 25.3 Å². The molecule has 1 nitrogen and oxygen atoms in total. The number of hydrogen-bond donors (Lipinski definition) is 1. The van der Waals surface area contributed by atoms with Gasteiger partial charge in [-0.2, -0.15) is 0 Å². The van der Waals surface area contributed by atoms with Gasteiger partial charge in [-0.15, -0.1) is 0 Å². The summed E-state index contributed by atoms with van der Waals surface area (Å²) >= 11 is 0. The fourth-order valence-electron chi connectivity index (χ4n) is 2.25. The number of halogens is 2. The van der Waals surface area contributed by atoms with Crippen molar-refractivity contribution < 1.29 is 8.78 Å². The Balaban J connectivity index is 2.39. The van der Waals surface area contributed by atoms with E-state index in [1.807, 2.05) is 37.3 Å². The van der Waals surface area contributed by atoms with Gasteiger partial charge in [0.2, 0.25) is 0 Å². The first kappa shape index (κ1) is 13.7. The Morgan fingerprint density at radius 2 is 1.74 bits per heavy atom. The Labute approximate surface area is 112 Å². The number of hydrogen-bond acceptors (Lipinski definition) is 1. The summed E-state index contributed by atoms with van der Waals surface area (Å²) in [6.07, 6.45) is 1.01. The monoisotopic (exact) mass is 261 g/mol. The molecule has 1 unspecified atom stereocenters. The van der Waals surface area contributed by atoms with E-state index >= 15 is 0 Å². The van der Waals surface area contributed by atoms with Crippen LogP contribution < -0.4 is 5.73 Å². The SMILES string of the molecule is CCC(N)(Cc1ccccc1)c1cc(F)ccc1F. The molecule has 0 heterocycles. The average Bonchev–Trinajstić information content (AvgIpc) is 2.42. The van der Waals surface area contributed by atoms with Crippen molar-refractivity contribution in [2.24, 2.45) is 5.73 Å². The molecule has 0 fully saturated rings. The first-order valence-electron chi connectivity index (χ1n) is 6.33. The predicted octanol–water partition coefficient (Wildman–Crippen LogP) is 3.77. The fraction of sp³-hybridized carbons (Fsp3) is 0.250. The maximum atomic E-state index is 13.9. The second-order valence-electron chi connectivity index (χ2n) is 4.80. The normalized spacial score (nSPS) is 14.1. The third kappa shape index (κ3) is 2.99. The molecule has 1 atom stereocenters. The van der Waals surface area contributed by atoms with Gasteiger partial charge in [0.05, 0.1) is 0 Å². The largest absolute Gasteiger partial charge is 0.321 e. The summed E-state index contributed by atoms with van der Waals surface area (Å²) in [5.41, 5.74) is 6.66. The molecule has 0 saturated heterocycles. The molecular weight excluding hydrogens is 244 g/mol. The van der Waals surface area contributed by atoms with Crippen molar-refractivity contribution in [3.8, 4) is 0 Å². The molecule has 2 aromatic rings. The molecule has 0 amide bonds. The van der Waals surface area contributed by atoms with E-state index in [2.05, 4.69) is 0 Å². The van der Waals surface area contributed by atoms with E-state index in [1.54, 1.807) is 0 Å². The number of benzene rings is 2. The van der Waals surface area contributed by atoms with E-state index in [9.17, 15) is 8.78 Å². The summed E-state index contributed by atoms with van der Waals surface area (Å²) in [4.78, 5) is 0. The molecule has 2 N–H and O–H groups in total. The van der Waals surface area contributed by atoms with E-state index in [-0.39, 0.29) is 5.56 Å². The van der Waals surface area contributed by atoms with E-state index in [0.717, 1.165) is 17.7 Å². The summed E-state index contributed by atoms with van der Waals surface area (Å²) in [6, 6.07) is 13.0. The third-order valence-corrected chi connectivity index (χ3v) is 3.46. The minimum atomic E-state index is -0.895. The van der Waals surface area contributed by atoms with Gasteiger partial charge in [-0.25, -0.2) is 8.78 Å². The van der Waals surface area contributed by atoms with Crippen LogP contribution in [0.4, 0.5) is 8.78 Å². The zero-order chi connectivity index (χ0) is 13.9. The first-order chi connectivity index (χ1) is 9.05. The first-order valence-corrected chi connectivity index (χ1v) is 6.33. The maximum absolute atomic E-state index is 13.9. The van der Waals surface area contributed by atoms with Crippen molar-refractivity contribution in [3.63, 3.8) is 0 Å². The van der Waals surface area contributed by atoms with Crippen LogP contribution in [0.1, 0.15) is 24.5 Å². The van der Waals surface area contributed by atoms with Crippen LogP contribution in [0.15, 0.2) is 48.5 Å². The second-order valence-corrected chi connectivity index (χ2v) is 4.80. The van der Waals surface area contributed by atoms with Crippen LogP contribution in [0.2, 0.25) is 0 Å². The highest BCUT2D eigenvalue weighted by Crippen LogP contribution is 2.29. The highest BCUT2D eigenvalue weighted by atomic mass is 19.1. The Bertz CT molecular complexity index is 554. The van der Waals surface area contributed by atoms with Gasteiger partial charge in [0.25, 0.3) is 0 Å². The Morgan fingerprint density at radius 3 is 2.37 bits per heavy atom. The van der Waals surface area contributed by atoms with Gasteiger partial charge in [-0.1, -0.05) is 37.3 Å². The van der Waals surface area contributed by atoms with E-state index in [0.29, 0.717) is 12.8 Å². The minimum absolute atomic E-state index is 0.235. The molecule has 0 bridgehead atoms. The quantitative estimate of drug-likeness (QED) is 0.890. The Morgan fingerprint density at radius 1 is 1.05 bits per heavy atom. The molecule has 0 aliphatic rings. The second kappa shape index (κ2) is 5.49. The minimum Gasteiger partial charge on any atom is -0.321 e. The van der Waals surface area contributed by atoms with Gasteiger partial charge in [-0.3, -0.25) is 0 Å². The van der Waals surface area contributed by atoms with Gasteiger partial charge >= 0.3 is 0 Å². The van der Waals surface area contributed by atoms with E-state index < -0.39 is 17.2 Å². The smallest absolute Gasteiger partial charge is 0.128 e. The molecule has 100 valence electrons. The molecule has 2 rings (SSSR count). The lowest BCUT2D eigenvalue weighted by atomic mass is 9.82. The summed E-state index contributed by atoms with van der Waals surface area (Å²) < 4.78 is 27.2. The van der Waals surface area contributed by atoms with Gasteiger partial charge < -0.3 is 5.73 Å². The molecule has 0 spiro atoms. The van der Waals surface area contributed by atoms with Crippen molar-refractivity contribution in [1.29, 1.82) is 0 Å². The van der Waals surface area contributed by atoms with Gasteiger partial charge in [-0.05, 0) is 36.6 Å². The topological polar surface area (TPSA) is 26.0 Å². The van der Waals surface area contributed by atoms with Crippen LogP contribution in [0.25, 0.3) is 0 Å². The van der Waals surface area contributed by atoms with Crippen molar-refractivity contribution >= 4 is 0 Å². The molecule has 19 heavy (non-hydrogen) atoms. The van der Waals surface area contributed by atoms with Gasteiger partial charge in [0.15, 0.2) is 0 Å². The lowest BCUT2D eigenvalue weighted by molar-refractivity contribution is 0.399. The van der Waals surface area contributed by atoms with Crippen LogP contribution in [-0.4, -0.2) is 0 Å². The molecule has 3 heteroatoms. The third-order valence-electron chi connectivity index (χ3n) is 3.46. The molecule has 0 radical (unpaired) electrons. The van der Waals surface area contributed by atoms with E-state index in [4.69, 9.17) is 5.73 Å². The molecule has 2 aromatic carbocycles. The summed E-state index contributed by atoms with van der Waals surface area (Å²) in [7, 11) is 0. The standard InChI is InChI=1S/C16H17F2N/c1-2-16(19,11-12-6-4-3-5-7-12)14-10-13(17)8-9-15(14)18/h3-10H,2,11,19H2,1H3. The van der Waals surface area contributed by atoms with Crippen molar-refractivity contribution in [2.75, 3.05) is 0 Å². The van der Waals surface area contributed by atoms with Crippen molar-refractivity contribution in [3.05, 3.63) is 71.3 Å². The van der Waals surface area contributed by atoms with Crippen LogP contribution in [0.5, 0.6) is 0 Å². The van der Waals surface area contributed by atoms with Crippen LogP contribution >= 0.6 is 0 Å². The zero-order valence-corrected chi connectivity index (χ0v) is 10.9. The Hall–Kier alpha value is -1.74. The Kier molecular flexibility index (Phi) is 3.96. The molecular formula is C16H17F2N. The fourth-order valence-corrected chi connectivity index (χ4v) is 2.25. The molecule has 0 aromatic heterocycles. The predicted molar refractivity (Wildman–Crippen MR) is 72.7 cm³/mol. The highest BCUT2D eigenvalue weighted by molar-refractivity contribution is 5.30. The lowest BCUT2D eigenvalue weighted by Crippen LogP contribution is -2.39. The number of rotatable bonds is 4. The highest BCUT2D eigenvalue weighted by Gasteiger charge is 2.29. The zero-order valence-electron chi connectivity index (χ0n) is 10.9. The van der Waals surface area contributed by atoms with Gasteiger partial charge in [0.1, 0.15) is 11.6 Å². The number of nitrogens with two attached hydrogens (primary N) is 1. The van der Waals surface area contributed by atoms with Crippen molar-refractivity contribution in [1.82, 2.24) is 0 Å². The summed E-state index contributed by atoms with van der Waals surface area (Å²) in [5.74, 6) is -0.922. The van der Waals surface area contributed by atoms with Crippen LogP contribution in [0.3, 0.4) is 0 Å². The van der Waals surface area contributed by atoms with Gasteiger partial charge in [0, 0.05) is 11.1 Å².